The van der Waals surface area contributed by atoms with Crippen molar-refractivity contribution < 1.29 is 4.84 Å². The van der Waals surface area contributed by atoms with Crippen LogP contribution in [-0.2, 0) is 11.4 Å². The van der Waals surface area contributed by atoms with E-state index in [1.54, 1.807) is 0 Å². The zero-order valence-electron chi connectivity index (χ0n) is 11.5. The predicted octanol–water partition coefficient (Wildman–Crippen LogP) is 4.80. The minimum Gasteiger partial charge on any atom is -0.391 e. The van der Waals surface area contributed by atoms with Gasteiger partial charge in [-0.1, -0.05) is 68.8 Å². The Hall–Kier alpha value is -1.57. The van der Waals surface area contributed by atoms with Crippen LogP contribution in [0.25, 0.3) is 6.08 Å². The summed E-state index contributed by atoms with van der Waals surface area (Å²) in [4.78, 5) is 5.42. The molecule has 0 saturated heterocycles. The lowest BCUT2D eigenvalue weighted by atomic mass is 10.1. The molecule has 0 amide bonds. The predicted molar refractivity (Wildman–Crippen MR) is 78.6 cm³/mol. The van der Waals surface area contributed by atoms with Crippen LogP contribution in [0.5, 0.6) is 0 Å². The molecular formula is C16H23NO. The number of hydrogen-bond acceptors (Lipinski definition) is 2. The van der Waals surface area contributed by atoms with Gasteiger partial charge in [-0.3, -0.25) is 0 Å². The normalized spacial score (nSPS) is 9.89. The van der Waals surface area contributed by atoms with Gasteiger partial charge in [0.25, 0.3) is 0 Å². The summed E-state index contributed by atoms with van der Waals surface area (Å²) < 4.78 is 0. The third-order valence-electron chi connectivity index (χ3n) is 2.72. The first kappa shape index (κ1) is 14.5. The maximum atomic E-state index is 5.42. The fraction of sp³-hybridized carbons (Fsp3) is 0.438. The van der Waals surface area contributed by atoms with Gasteiger partial charge in [0.1, 0.15) is 6.61 Å². The van der Waals surface area contributed by atoms with Crippen molar-refractivity contribution >= 4 is 11.8 Å². The van der Waals surface area contributed by atoms with Gasteiger partial charge in [0, 0.05) is 0 Å². The van der Waals surface area contributed by atoms with Crippen LogP contribution in [0, 0.1) is 0 Å². The quantitative estimate of drug-likeness (QED) is 0.476. The van der Waals surface area contributed by atoms with E-state index in [0.29, 0.717) is 6.61 Å². The van der Waals surface area contributed by atoms with Gasteiger partial charge in [-0.15, -0.1) is 0 Å². The number of nitrogens with zero attached hydrogens (tertiary/aromatic N) is 1. The Morgan fingerprint density at radius 3 is 2.28 bits per heavy atom. The molecule has 0 fully saturated rings. The zero-order valence-corrected chi connectivity index (χ0v) is 11.5. The Kier molecular flexibility index (Phi) is 6.85. The molecular weight excluding hydrogens is 222 g/mol. The summed E-state index contributed by atoms with van der Waals surface area (Å²) in [6.07, 6.45) is 6.14. The molecule has 0 radical (unpaired) electrons. The second-order valence-corrected chi connectivity index (χ2v) is 4.38. The molecule has 1 aromatic rings. The van der Waals surface area contributed by atoms with Crippen molar-refractivity contribution in [1.82, 2.24) is 0 Å². The maximum Gasteiger partial charge on any atom is 0.142 e. The third kappa shape index (κ3) is 5.17. The highest BCUT2D eigenvalue weighted by atomic mass is 16.6. The monoisotopic (exact) mass is 245 g/mol. The molecule has 0 heterocycles. The average molecular weight is 245 g/mol. The van der Waals surface area contributed by atoms with Crippen LogP contribution in [0.4, 0.5) is 0 Å². The Morgan fingerprint density at radius 2 is 1.78 bits per heavy atom. The highest BCUT2D eigenvalue weighted by Crippen LogP contribution is 2.08. The summed E-state index contributed by atoms with van der Waals surface area (Å²) >= 11 is 0. The lowest BCUT2D eigenvalue weighted by Crippen LogP contribution is -1.99. The van der Waals surface area contributed by atoms with E-state index in [2.05, 4.69) is 25.6 Å². The summed E-state index contributed by atoms with van der Waals surface area (Å²) in [5, 5.41) is 4.24. The molecule has 0 aliphatic carbocycles. The van der Waals surface area contributed by atoms with Crippen LogP contribution < -0.4 is 0 Å². The van der Waals surface area contributed by atoms with E-state index in [1.807, 2.05) is 30.3 Å². The topological polar surface area (TPSA) is 21.6 Å². The third-order valence-corrected chi connectivity index (χ3v) is 2.72. The van der Waals surface area contributed by atoms with Gasteiger partial charge in [-0.05, 0) is 24.0 Å². The van der Waals surface area contributed by atoms with Crippen LogP contribution in [-0.4, -0.2) is 5.71 Å². The smallest absolute Gasteiger partial charge is 0.142 e. The second-order valence-electron chi connectivity index (χ2n) is 4.38. The van der Waals surface area contributed by atoms with E-state index in [1.165, 1.54) is 5.71 Å². The molecule has 0 bridgehead atoms. The van der Waals surface area contributed by atoms with Gasteiger partial charge in [0.05, 0.1) is 5.71 Å². The molecule has 98 valence electrons. The minimum atomic E-state index is 0.536. The summed E-state index contributed by atoms with van der Waals surface area (Å²) in [5.74, 6) is 0. The maximum absolute atomic E-state index is 5.42. The van der Waals surface area contributed by atoms with E-state index in [0.717, 1.165) is 36.8 Å². The molecule has 0 aromatic heterocycles. The Balaban J connectivity index is 2.47. The molecule has 1 aromatic carbocycles. The fourth-order valence-electron chi connectivity index (χ4n) is 1.74. The molecule has 0 unspecified atom stereocenters. The van der Waals surface area contributed by atoms with Gasteiger partial charge in [0.15, 0.2) is 0 Å². The van der Waals surface area contributed by atoms with Gasteiger partial charge in [0.2, 0.25) is 0 Å². The van der Waals surface area contributed by atoms with E-state index in [4.69, 9.17) is 4.84 Å². The van der Waals surface area contributed by atoms with Crippen LogP contribution >= 0.6 is 0 Å². The van der Waals surface area contributed by atoms with E-state index < -0.39 is 0 Å². The molecule has 0 spiro atoms. The van der Waals surface area contributed by atoms with Crippen molar-refractivity contribution in [3.05, 3.63) is 42.0 Å². The molecule has 0 atom stereocenters. The molecule has 1 rings (SSSR count). The standard InChI is InChI=1S/C16H23NO/c1-4-7-16(8-5-2)17-18-13-15-11-9-14(6-3)10-12-15/h6,9-12H,3-5,7-8,13H2,1-2H3. The Bertz CT molecular complexity index is 371. The molecule has 2 heteroatoms. The van der Waals surface area contributed by atoms with Crippen molar-refractivity contribution in [3.63, 3.8) is 0 Å². The van der Waals surface area contributed by atoms with E-state index >= 15 is 0 Å². The first-order chi connectivity index (χ1) is 8.80. The molecule has 0 aliphatic rings. The fourth-order valence-corrected chi connectivity index (χ4v) is 1.74. The zero-order chi connectivity index (χ0) is 13.2. The SMILES string of the molecule is C=Cc1ccc(CON=C(CCC)CCC)cc1. The molecule has 2 nitrogen and oxygen atoms in total. The number of hydrogen-bond donors (Lipinski definition) is 0. The lowest BCUT2D eigenvalue weighted by Gasteiger charge is -2.05. The van der Waals surface area contributed by atoms with Gasteiger partial charge < -0.3 is 4.84 Å². The van der Waals surface area contributed by atoms with Crippen molar-refractivity contribution in [2.45, 2.75) is 46.1 Å². The highest BCUT2D eigenvalue weighted by molar-refractivity contribution is 5.83. The van der Waals surface area contributed by atoms with Gasteiger partial charge in [-0.2, -0.15) is 0 Å². The van der Waals surface area contributed by atoms with Crippen LogP contribution in [0.15, 0.2) is 36.0 Å². The van der Waals surface area contributed by atoms with Gasteiger partial charge in [-0.25, -0.2) is 0 Å². The van der Waals surface area contributed by atoms with E-state index in [9.17, 15) is 0 Å². The van der Waals surface area contributed by atoms with E-state index in [-0.39, 0.29) is 0 Å². The number of oxime groups is 1. The first-order valence-electron chi connectivity index (χ1n) is 6.69. The van der Waals surface area contributed by atoms with Crippen molar-refractivity contribution in [1.29, 1.82) is 0 Å². The molecule has 18 heavy (non-hydrogen) atoms. The minimum absolute atomic E-state index is 0.536. The Labute approximate surface area is 110 Å². The number of rotatable bonds is 8. The molecule has 0 N–H and O–H groups in total. The summed E-state index contributed by atoms with van der Waals surface area (Å²) in [6, 6.07) is 8.17. The van der Waals surface area contributed by atoms with Gasteiger partial charge >= 0.3 is 0 Å². The van der Waals surface area contributed by atoms with Crippen LogP contribution in [0.3, 0.4) is 0 Å². The number of benzene rings is 1. The summed E-state index contributed by atoms with van der Waals surface area (Å²) in [5.41, 5.74) is 3.43. The summed E-state index contributed by atoms with van der Waals surface area (Å²) in [6.45, 7) is 8.60. The lowest BCUT2D eigenvalue weighted by molar-refractivity contribution is 0.129. The average Bonchev–Trinajstić information content (AvgIpc) is 2.40. The molecule has 0 saturated carbocycles. The van der Waals surface area contributed by atoms with Crippen molar-refractivity contribution in [2.24, 2.45) is 5.16 Å². The Morgan fingerprint density at radius 1 is 1.17 bits per heavy atom. The summed E-state index contributed by atoms with van der Waals surface area (Å²) in [7, 11) is 0. The van der Waals surface area contributed by atoms with Crippen molar-refractivity contribution in [2.75, 3.05) is 0 Å². The highest BCUT2D eigenvalue weighted by Gasteiger charge is 1.98. The van der Waals surface area contributed by atoms with Crippen LogP contribution in [0.1, 0.15) is 50.7 Å². The second kappa shape index (κ2) is 8.51. The van der Waals surface area contributed by atoms with Crippen molar-refractivity contribution in [3.8, 4) is 0 Å². The molecule has 0 aliphatic heterocycles. The largest absolute Gasteiger partial charge is 0.391 e. The van der Waals surface area contributed by atoms with Crippen LogP contribution in [0.2, 0.25) is 0 Å². The first-order valence-corrected chi connectivity index (χ1v) is 6.69.